The van der Waals surface area contributed by atoms with Crippen LogP contribution in [0, 0.1) is 13.8 Å². The van der Waals surface area contributed by atoms with Gasteiger partial charge in [-0.05, 0) is 100 Å². The summed E-state index contributed by atoms with van der Waals surface area (Å²) in [7, 11) is 1.57. The van der Waals surface area contributed by atoms with Crippen molar-refractivity contribution in [1.29, 1.82) is 0 Å². The van der Waals surface area contributed by atoms with Gasteiger partial charge in [0, 0.05) is 17.1 Å². The zero-order valence-electron chi connectivity index (χ0n) is 28.3. The Hall–Kier alpha value is -4.37. The lowest BCUT2D eigenvalue weighted by molar-refractivity contribution is -0.139. The normalized spacial score (nSPS) is 15.2. The van der Waals surface area contributed by atoms with E-state index in [0.29, 0.717) is 37.7 Å². The van der Waals surface area contributed by atoms with Gasteiger partial charge in [-0.25, -0.2) is 9.79 Å². The first kappa shape index (κ1) is 33.0. The number of carbonyl (C=O) groups is 1. The predicted molar refractivity (Wildman–Crippen MR) is 183 cm³/mol. The Morgan fingerprint density at radius 3 is 2.35 bits per heavy atom. The summed E-state index contributed by atoms with van der Waals surface area (Å²) in [5.74, 6) is 0.579. The number of hydrogen-bond acceptors (Lipinski definition) is 7. The van der Waals surface area contributed by atoms with E-state index in [4.69, 9.17) is 19.2 Å². The molecule has 0 radical (unpaired) electrons. The van der Waals surface area contributed by atoms with Crippen LogP contribution >= 0.6 is 11.3 Å². The molecule has 0 spiro atoms. The molecule has 0 bridgehead atoms. The Kier molecular flexibility index (Phi) is 9.18. The molecule has 0 N–H and O–H groups in total. The van der Waals surface area contributed by atoms with E-state index in [9.17, 15) is 9.59 Å². The van der Waals surface area contributed by atoms with Crippen LogP contribution in [0.4, 0.5) is 0 Å². The van der Waals surface area contributed by atoms with E-state index in [2.05, 4.69) is 69.5 Å². The number of thiazole rings is 1. The highest BCUT2D eigenvalue weighted by Crippen LogP contribution is 2.36. The highest BCUT2D eigenvalue weighted by Gasteiger charge is 2.34. The Labute approximate surface area is 274 Å². The average molecular weight is 642 g/mol. The number of nitrogens with zero attached hydrogens (tertiary/aromatic N) is 3. The number of aryl methyl sites for hydroxylation is 1. The van der Waals surface area contributed by atoms with Crippen molar-refractivity contribution < 1.29 is 19.0 Å². The first-order valence-corrected chi connectivity index (χ1v) is 16.4. The van der Waals surface area contributed by atoms with Gasteiger partial charge in [-0.1, -0.05) is 50.3 Å². The summed E-state index contributed by atoms with van der Waals surface area (Å²) in [5.41, 5.74) is 6.72. The fraction of sp³-hybridized carbons (Fsp3) is 0.378. The molecule has 4 aromatic rings. The van der Waals surface area contributed by atoms with Gasteiger partial charge in [0.2, 0.25) is 0 Å². The van der Waals surface area contributed by atoms with Crippen LogP contribution in [0.15, 0.2) is 69.6 Å². The maximum absolute atomic E-state index is 14.3. The summed E-state index contributed by atoms with van der Waals surface area (Å²) in [4.78, 5) is 32.8. The number of carbonyl (C=O) groups excluding carboxylic acids is 1. The summed E-state index contributed by atoms with van der Waals surface area (Å²) in [6, 6.07) is 15.5. The lowest BCUT2D eigenvalue weighted by Gasteiger charge is -2.25. The zero-order valence-corrected chi connectivity index (χ0v) is 29.2. The van der Waals surface area contributed by atoms with Crippen molar-refractivity contribution >= 4 is 23.4 Å². The van der Waals surface area contributed by atoms with E-state index in [-0.39, 0.29) is 23.7 Å². The SMILES string of the molecule is CCOC(=O)C1=C(C)N=c2s/c(=C\c3cc(C)n(-c4ccc(C(C)(C)C)cc4)c3C)c(=O)n2[C@@H]1c1ccc(OC(C)C)c(OC)c1. The maximum atomic E-state index is 14.3. The third-order valence-electron chi connectivity index (χ3n) is 8.13. The highest BCUT2D eigenvalue weighted by molar-refractivity contribution is 7.07. The van der Waals surface area contributed by atoms with Crippen LogP contribution in [-0.4, -0.2) is 34.9 Å². The van der Waals surface area contributed by atoms with Crippen molar-refractivity contribution in [3.8, 4) is 17.2 Å². The van der Waals surface area contributed by atoms with Gasteiger partial charge in [0.1, 0.15) is 0 Å². The first-order chi connectivity index (χ1) is 21.7. The Morgan fingerprint density at radius 2 is 1.74 bits per heavy atom. The van der Waals surface area contributed by atoms with Gasteiger partial charge in [0.15, 0.2) is 16.3 Å². The van der Waals surface area contributed by atoms with E-state index in [0.717, 1.165) is 22.6 Å². The summed E-state index contributed by atoms with van der Waals surface area (Å²) in [5, 5.41) is 0. The molecule has 5 rings (SSSR count). The van der Waals surface area contributed by atoms with Crippen molar-refractivity contribution in [2.45, 2.75) is 79.9 Å². The van der Waals surface area contributed by atoms with E-state index in [1.807, 2.05) is 38.1 Å². The van der Waals surface area contributed by atoms with Crippen LogP contribution < -0.4 is 24.4 Å². The lowest BCUT2D eigenvalue weighted by Crippen LogP contribution is -2.40. The maximum Gasteiger partial charge on any atom is 0.338 e. The second kappa shape index (κ2) is 12.8. The minimum Gasteiger partial charge on any atom is -0.493 e. The van der Waals surface area contributed by atoms with Gasteiger partial charge in [0.05, 0.1) is 41.7 Å². The molecule has 3 heterocycles. The van der Waals surface area contributed by atoms with Crippen LogP contribution in [0.25, 0.3) is 11.8 Å². The van der Waals surface area contributed by atoms with Gasteiger partial charge in [-0.3, -0.25) is 9.36 Å². The summed E-state index contributed by atoms with van der Waals surface area (Å²) in [6.45, 7) is 18.4. The van der Waals surface area contributed by atoms with Gasteiger partial charge < -0.3 is 18.8 Å². The number of aromatic nitrogens is 2. The third kappa shape index (κ3) is 6.20. The number of allylic oxidation sites excluding steroid dienone is 1. The summed E-state index contributed by atoms with van der Waals surface area (Å²) in [6.07, 6.45) is 1.87. The number of methoxy groups -OCH3 is 1. The molecule has 1 aliphatic rings. The number of fused-ring (bicyclic) bond motifs is 1. The summed E-state index contributed by atoms with van der Waals surface area (Å²) >= 11 is 1.31. The molecule has 0 fully saturated rings. The molecule has 8 nitrogen and oxygen atoms in total. The average Bonchev–Trinajstić information content (AvgIpc) is 3.45. The monoisotopic (exact) mass is 641 g/mol. The minimum absolute atomic E-state index is 0.0561. The molecule has 0 amide bonds. The number of rotatable bonds is 8. The van der Waals surface area contributed by atoms with Crippen LogP contribution in [0.5, 0.6) is 11.5 Å². The molecule has 2 aromatic heterocycles. The van der Waals surface area contributed by atoms with Crippen LogP contribution in [-0.2, 0) is 14.9 Å². The van der Waals surface area contributed by atoms with Crippen molar-refractivity contribution in [2.75, 3.05) is 13.7 Å². The fourth-order valence-electron chi connectivity index (χ4n) is 5.90. The van der Waals surface area contributed by atoms with Gasteiger partial charge in [0.25, 0.3) is 5.56 Å². The molecule has 0 unspecified atom stereocenters. The largest absolute Gasteiger partial charge is 0.493 e. The standard InChI is InChI=1S/C37H43N3O5S/c1-11-44-35(42)32-23(5)38-36-40(33(32)25-12-17-29(45-21(2)3)30(19-25)43-10)34(41)31(46-36)20-26-18-22(4)39(24(26)6)28-15-13-27(14-16-28)37(7,8)9/h12-21,33H,11H2,1-10H3/b31-20-/t33-/m1/s1. The second-order valence-corrected chi connectivity index (χ2v) is 13.8. The molecular formula is C37H43N3O5S. The molecule has 0 saturated heterocycles. The Morgan fingerprint density at radius 1 is 1.04 bits per heavy atom. The minimum atomic E-state index is -0.756. The second-order valence-electron chi connectivity index (χ2n) is 12.8. The van der Waals surface area contributed by atoms with Crippen molar-refractivity contribution in [2.24, 2.45) is 4.99 Å². The van der Waals surface area contributed by atoms with E-state index in [1.165, 1.54) is 16.9 Å². The fourth-order valence-corrected chi connectivity index (χ4v) is 6.93. The van der Waals surface area contributed by atoms with Crippen LogP contribution in [0.1, 0.15) is 82.6 Å². The predicted octanol–water partition coefficient (Wildman–Crippen LogP) is 6.30. The molecule has 0 aliphatic carbocycles. The van der Waals surface area contributed by atoms with Crippen molar-refractivity contribution in [3.05, 3.63) is 108 Å². The molecule has 1 atom stereocenters. The molecule has 2 aromatic carbocycles. The topological polar surface area (TPSA) is 84.1 Å². The third-order valence-corrected chi connectivity index (χ3v) is 9.11. The summed E-state index contributed by atoms with van der Waals surface area (Å²) < 4.78 is 21.4. The van der Waals surface area contributed by atoms with Crippen molar-refractivity contribution in [3.63, 3.8) is 0 Å². The number of benzene rings is 2. The molecule has 9 heteroatoms. The Bertz CT molecular complexity index is 2000. The lowest BCUT2D eigenvalue weighted by atomic mass is 9.87. The van der Waals surface area contributed by atoms with Crippen LogP contribution in [0.3, 0.4) is 0 Å². The molecule has 1 aliphatic heterocycles. The van der Waals surface area contributed by atoms with Gasteiger partial charge >= 0.3 is 5.97 Å². The van der Waals surface area contributed by atoms with Crippen LogP contribution in [0.2, 0.25) is 0 Å². The van der Waals surface area contributed by atoms with E-state index < -0.39 is 12.0 Å². The first-order valence-electron chi connectivity index (χ1n) is 15.6. The smallest absolute Gasteiger partial charge is 0.338 e. The van der Waals surface area contributed by atoms with Crippen molar-refractivity contribution in [1.82, 2.24) is 9.13 Å². The zero-order chi connectivity index (χ0) is 33.5. The number of ether oxygens (including phenoxy) is 3. The van der Waals surface area contributed by atoms with Gasteiger partial charge in [-0.15, -0.1) is 0 Å². The van der Waals surface area contributed by atoms with E-state index >= 15 is 0 Å². The number of hydrogen-bond donors (Lipinski definition) is 0. The van der Waals surface area contributed by atoms with E-state index in [1.54, 1.807) is 25.5 Å². The molecule has 0 saturated carbocycles. The van der Waals surface area contributed by atoms with Gasteiger partial charge in [-0.2, -0.15) is 0 Å². The molecular weight excluding hydrogens is 598 g/mol. The molecule has 242 valence electrons. The quantitative estimate of drug-likeness (QED) is 0.211. The Balaban J connectivity index is 1.65. The number of esters is 1. The highest BCUT2D eigenvalue weighted by atomic mass is 32.1. The molecule has 46 heavy (non-hydrogen) atoms.